The fourth-order valence-corrected chi connectivity index (χ4v) is 5.75. The second kappa shape index (κ2) is 9.17. The van der Waals surface area contributed by atoms with Gasteiger partial charge >= 0.3 is 0 Å². The zero-order valence-electron chi connectivity index (χ0n) is 18.3. The summed E-state index contributed by atoms with van der Waals surface area (Å²) in [6, 6.07) is 8.82. The molecule has 0 amide bonds. The number of hydrogen-bond donors (Lipinski definition) is 2. The molecule has 0 aromatic carbocycles. The maximum atomic E-state index is 6.20. The second-order valence-corrected chi connectivity index (χ2v) is 9.66. The number of hydrogen-bond acceptors (Lipinski definition) is 4. The number of fused-ring (bicyclic) bond motifs is 1. The van der Waals surface area contributed by atoms with Crippen LogP contribution in [0.2, 0.25) is 0 Å². The number of pyridine rings is 2. The zero-order chi connectivity index (χ0) is 21.2. The third-order valence-electron chi connectivity index (χ3n) is 7.23. The fraction of sp³-hybridized carbons (Fsp3) is 0.520. The molecule has 1 unspecified atom stereocenters. The minimum Gasteiger partial charge on any atom is -0.367 e. The number of nitrogens with zero attached hydrogens (tertiary/aromatic N) is 3. The van der Waals surface area contributed by atoms with Crippen molar-refractivity contribution in [1.29, 1.82) is 0 Å². The number of alkyl halides is 1. The van der Waals surface area contributed by atoms with Gasteiger partial charge in [-0.2, -0.15) is 0 Å². The maximum absolute atomic E-state index is 6.20. The molecule has 2 N–H and O–H groups in total. The molecule has 2 aliphatic rings. The monoisotopic (exact) mass is 437 g/mol. The summed E-state index contributed by atoms with van der Waals surface area (Å²) >= 11 is 6.20. The van der Waals surface area contributed by atoms with E-state index in [9.17, 15) is 0 Å². The number of aromatic nitrogens is 3. The van der Waals surface area contributed by atoms with E-state index in [4.69, 9.17) is 16.6 Å². The molecule has 1 aliphatic carbocycles. The predicted octanol–water partition coefficient (Wildman–Crippen LogP) is 5.68. The van der Waals surface area contributed by atoms with Crippen molar-refractivity contribution in [2.45, 2.75) is 50.4 Å². The van der Waals surface area contributed by atoms with Crippen LogP contribution in [0.25, 0.3) is 22.2 Å². The number of anilines is 1. The normalized spacial score (nSPS) is 25.0. The van der Waals surface area contributed by atoms with Crippen LogP contribution in [-0.2, 0) is 5.88 Å². The van der Waals surface area contributed by atoms with Gasteiger partial charge in [-0.3, -0.25) is 0 Å². The summed E-state index contributed by atoms with van der Waals surface area (Å²) in [4.78, 5) is 15.0. The third kappa shape index (κ3) is 4.58. The number of aromatic amines is 1. The van der Waals surface area contributed by atoms with Gasteiger partial charge in [-0.1, -0.05) is 0 Å². The van der Waals surface area contributed by atoms with Crippen LogP contribution in [0.1, 0.15) is 44.2 Å². The highest BCUT2D eigenvalue weighted by Crippen LogP contribution is 2.36. The van der Waals surface area contributed by atoms with E-state index in [1.165, 1.54) is 51.6 Å². The van der Waals surface area contributed by atoms with Gasteiger partial charge in [-0.15, -0.1) is 11.6 Å². The van der Waals surface area contributed by atoms with E-state index in [-0.39, 0.29) is 0 Å². The lowest BCUT2D eigenvalue weighted by Crippen LogP contribution is -2.38. The lowest BCUT2D eigenvalue weighted by molar-refractivity contribution is 0.131. The average Bonchev–Trinajstić information content (AvgIpc) is 3.24. The average molecular weight is 438 g/mol. The van der Waals surface area contributed by atoms with Crippen molar-refractivity contribution in [3.05, 3.63) is 42.4 Å². The number of halogens is 1. The Kier molecular flexibility index (Phi) is 6.15. The minimum atomic E-state index is 0.408. The van der Waals surface area contributed by atoms with Gasteiger partial charge < -0.3 is 15.2 Å². The Labute approximate surface area is 189 Å². The number of likely N-dealkylation sites (tertiary alicyclic amines) is 1. The van der Waals surface area contributed by atoms with E-state index < -0.39 is 0 Å². The Hall–Kier alpha value is -2.11. The Morgan fingerprint density at radius 2 is 2.03 bits per heavy atom. The molecule has 1 atom stereocenters. The summed E-state index contributed by atoms with van der Waals surface area (Å²) in [6.45, 7) is 2.55. The standard InChI is InChI=1S/C25H32ClN5/c1-31-11-3-4-18(16-31)17-6-8-20(9-7-17)29-24-13-19(12-21(14-26)30-24)23-15-28-25-22(23)5-2-10-27-25/h2,5,10,12-13,15,17-18,20H,3-4,6-9,11,14,16H2,1H3,(H,27,28)(H,29,30). The van der Waals surface area contributed by atoms with Gasteiger partial charge in [0.2, 0.25) is 0 Å². The van der Waals surface area contributed by atoms with Crippen molar-refractivity contribution in [2.24, 2.45) is 11.8 Å². The number of nitrogens with one attached hydrogen (secondary N) is 2. The van der Waals surface area contributed by atoms with Crippen molar-refractivity contribution in [3.8, 4) is 11.1 Å². The van der Waals surface area contributed by atoms with Gasteiger partial charge in [0.15, 0.2) is 0 Å². The van der Waals surface area contributed by atoms with Gasteiger partial charge in [0.1, 0.15) is 11.5 Å². The number of rotatable bonds is 5. The first-order chi connectivity index (χ1) is 15.2. The molecule has 0 radical (unpaired) electrons. The molecule has 5 rings (SSSR count). The number of H-pyrrole nitrogens is 1. The summed E-state index contributed by atoms with van der Waals surface area (Å²) in [6.07, 6.45) is 11.7. The van der Waals surface area contributed by atoms with Crippen LogP contribution in [0.3, 0.4) is 0 Å². The molecule has 0 bridgehead atoms. The molecule has 31 heavy (non-hydrogen) atoms. The topological polar surface area (TPSA) is 56.8 Å². The summed E-state index contributed by atoms with van der Waals surface area (Å²) in [5, 5.41) is 4.86. The zero-order valence-corrected chi connectivity index (χ0v) is 19.0. The van der Waals surface area contributed by atoms with Crippen LogP contribution in [-0.4, -0.2) is 46.0 Å². The van der Waals surface area contributed by atoms with E-state index in [1.54, 1.807) is 0 Å². The molecule has 164 valence electrons. The first-order valence-electron chi connectivity index (χ1n) is 11.6. The van der Waals surface area contributed by atoms with E-state index in [2.05, 4.69) is 45.4 Å². The van der Waals surface area contributed by atoms with Crippen molar-refractivity contribution >= 4 is 28.5 Å². The molecule has 3 aromatic rings. The summed E-state index contributed by atoms with van der Waals surface area (Å²) in [5.41, 5.74) is 4.08. The van der Waals surface area contributed by atoms with Crippen LogP contribution in [0, 0.1) is 11.8 Å². The second-order valence-electron chi connectivity index (χ2n) is 9.39. The SMILES string of the molecule is CN1CCCC(C2CCC(Nc3cc(-c4c[nH]c5ncccc45)cc(CCl)n3)CC2)C1. The molecule has 0 spiro atoms. The van der Waals surface area contributed by atoms with Crippen molar-refractivity contribution < 1.29 is 0 Å². The Morgan fingerprint density at radius 3 is 2.84 bits per heavy atom. The van der Waals surface area contributed by atoms with E-state index in [1.807, 2.05) is 18.5 Å². The lowest BCUT2D eigenvalue weighted by atomic mass is 9.75. The highest BCUT2D eigenvalue weighted by molar-refractivity contribution is 6.17. The van der Waals surface area contributed by atoms with Crippen molar-refractivity contribution in [2.75, 3.05) is 25.5 Å². The van der Waals surface area contributed by atoms with Gasteiger partial charge in [-0.25, -0.2) is 9.97 Å². The van der Waals surface area contributed by atoms with Gasteiger partial charge in [0, 0.05) is 35.9 Å². The lowest BCUT2D eigenvalue weighted by Gasteiger charge is -2.39. The van der Waals surface area contributed by atoms with Gasteiger partial charge in [-0.05, 0) is 93.8 Å². The van der Waals surface area contributed by atoms with Gasteiger partial charge in [0.05, 0.1) is 11.6 Å². The quantitative estimate of drug-likeness (QED) is 0.504. The summed E-state index contributed by atoms with van der Waals surface area (Å²) in [5.74, 6) is 3.12. The first kappa shape index (κ1) is 20.8. The molecule has 5 nitrogen and oxygen atoms in total. The molecule has 1 aliphatic heterocycles. The van der Waals surface area contributed by atoms with Crippen LogP contribution in [0.4, 0.5) is 5.82 Å². The van der Waals surface area contributed by atoms with E-state index in [0.717, 1.165) is 45.5 Å². The van der Waals surface area contributed by atoms with Crippen molar-refractivity contribution in [1.82, 2.24) is 19.9 Å². The summed E-state index contributed by atoms with van der Waals surface area (Å²) in [7, 11) is 2.27. The Balaban J connectivity index is 1.29. The first-order valence-corrected chi connectivity index (χ1v) is 12.2. The van der Waals surface area contributed by atoms with Crippen LogP contribution < -0.4 is 5.32 Å². The maximum Gasteiger partial charge on any atom is 0.137 e. The van der Waals surface area contributed by atoms with Crippen LogP contribution >= 0.6 is 11.6 Å². The number of piperidine rings is 1. The largest absolute Gasteiger partial charge is 0.367 e. The van der Waals surface area contributed by atoms with Crippen LogP contribution in [0.5, 0.6) is 0 Å². The van der Waals surface area contributed by atoms with Gasteiger partial charge in [0.25, 0.3) is 0 Å². The molecule has 1 saturated heterocycles. The smallest absolute Gasteiger partial charge is 0.137 e. The molecule has 6 heteroatoms. The highest BCUT2D eigenvalue weighted by Gasteiger charge is 2.30. The van der Waals surface area contributed by atoms with E-state index in [0.29, 0.717) is 11.9 Å². The molecular weight excluding hydrogens is 406 g/mol. The highest BCUT2D eigenvalue weighted by atomic mass is 35.5. The predicted molar refractivity (Wildman–Crippen MR) is 128 cm³/mol. The Bertz CT molecular complexity index is 1020. The molecule has 2 fully saturated rings. The summed E-state index contributed by atoms with van der Waals surface area (Å²) < 4.78 is 0. The third-order valence-corrected chi connectivity index (χ3v) is 7.50. The van der Waals surface area contributed by atoms with E-state index >= 15 is 0 Å². The van der Waals surface area contributed by atoms with Crippen molar-refractivity contribution in [3.63, 3.8) is 0 Å². The molecular formula is C25H32ClN5. The Morgan fingerprint density at radius 1 is 1.16 bits per heavy atom. The molecule has 1 saturated carbocycles. The minimum absolute atomic E-state index is 0.408. The molecule has 3 aromatic heterocycles. The fourth-order valence-electron chi connectivity index (χ4n) is 5.62. The molecule has 4 heterocycles. The van der Waals surface area contributed by atoms with Crippen LogP contribution in [0.15, 0.2) is 36.7 Å².